The molecule has 1 aromatic rings. The first-order chi connectivity index (χ1) is 10.6. The minimum atomic E-state index is -1.73. The van der Waals surface area contributed by atoms with Crippen molar-refractivity contribution >= 4 is 57.7 Å². The summed E-state index contributed by atoms with van der Waals surface area (Å²) in [6.45, 7) is 13.2. The zero-order valence-corrected chi connectivity index (χ0v) is 15.5. The zero-order chi connectivity index (χ0) is 17.8. The molecular weight excluding hydrogens is 383 g/mol. The molecule has 8 heteroatoms. The summed E-state index contributed by atoms with van der Waals surface area (Å²) >= 11 is 22.8. The van der Waals surface area contributed by atoms with E-state index in [1.54, 1.807) is 0 Å². The highest BCUT2D eigenvalue weighted by Crippen LogP contribution is 2.34. The number of allylic oxidation sites excluding steroid dienone is 2. The van der Waals surface area contributed by atoms with E-state index in [4.69, 9.17) is 46.4 Å². The summed E-state index contributed by atoms with van der Waals surface area (Å²) in [7, 11) is 0. The standard InChI is InChI=1S/C15H16Cl4FN3/c1-5-6-8(2)11-7-21-14(16)12(20)13(11)23-10(4)22-9(3)15(17,18)19/h7,22H,2-6H2,1H3,(H,21,23). The highest BCUT2D eigenvalue weighted by atomic mass is 35.6. The Morgan fingerprint density at radius 1 is 1.30 bits per heavy atom. The number of hydrogen-bond donors (Lipinski definition) is 2. The molecule has 23 heavy (non-hydrogen) atoms. The van der Waals surface area contributed by atoms with Gasteiger partial charge in [0.2, 0.25) is 3.79 Å². The van der Waals surface area contributed by atoms with Gasteiger partial charge in [-0.1, -0.05) is 79.5 Å². The first kappa shape index (κ1) is 20.1. The third kappa shape index (κ3) is 5.57. The Bertz CT molecular complexity index is 638. The molecule has 0 fully saturated rings. The van der Waals surface area contributed by atoms with Crippen molar-refractivity contribution in [2.24, 2.45) is 0 Å². The first-order valence-corrected chi connectivity index (χ1v) is 8.10. The van der Waals surface area contributed by atoms with E-state index in [2.05, 4.69) is 35.4 Å². The Morgan fingerprint density at radius 3 is 2.43 bits per heavy atom. The summed E-state index contributed by atoms with van der Waals surface area (Å²) < 4.78 is 12.6. The maximum Gasteiger partial charge on any atom is 0.229 e. The van der Waals surface area contributed by atoms with E-state index in [-0.39, 0.29) is 22.4 Å². The summed E-state index contributed by atoms with van der Waals surface area (Å²) in [5.74, 6) is -0.558. The van der Waals surface area contributed by atoms with Gasteiger partial charge in [-0.25, -0.2) is 9.37 Å². The number of hydrogen-bond acceptors (Lipinski definition) is 3. The monoisotopic (exact) mass is 397 g/mol. The van der Waals surface area contributed by atoms with Crippen LogP contribution in [0.5, 0.6) is 0 Å². The molecule has 1 aromatic heterocycles. The second-order valence-electron chi connectivity index (χ2n) is 4.71. The Labute approximate surface area is 155 Å². The normalized spacial score (nSPS) is 11.0. The van der Waals surface area contributed by atoms with Crippen LogP contribution in [0.15, 0.2) is 37.5 Å². The van der Waals surface area contributed by atoms with Crippen molar-refractivity contribution in [1.29, 1.82) is 0 Å². The second-order valence-corrected chi connectivity index (χ2v) is 7.35. The van der Waals surface area contributed by atoms with Crippen molar-refractivity contribution in [2.45, 2.75) is 23.6 Å². The molecule has 0 radical (unpaired) electrons. The van der Waals surface area contributed by atoms with Crippen molar-refractivity contribution in [3.8, 4) is 0 Å². The smallest absolute Gasteiger partial charge is 0.229 e. The fraction of sp³-hybridized carbons (Fsp3) is 0.267. The number of rotatable bonds is 7. The Balaban J connectivity index is 3.07. The molecule has 0 spiro atoms. The molecule has 1 heterocycles. The predicted molar refractivity (Wildman–Crippen MR) is 98.5 cm³/mol. The van der Waals surface area contributed by atoms with Gasteiger partial charge in [0.25, 0.3) is 0 Å². The van der Waals surface area contributed by atoms with Gasteiger partial charge in [0.15, 0.2) is 11.0 Å². The van der Waals surface area contributed by atoms with E-state index < -0.39 is 9.61 Å². The average Bonchev–Trinajstić information content (AvgIpc) is 2.43. The molecule has 0 amide bonds. The third-order valence-corrected chi connectivity index (χ3v) is 3.78. The lowest BCUT2D eigenvalue weighted by Gasteiger charge is -2.21. The Hall–Kier alpha value is -0.940. The van der Waals surface area contributed by atoms with Crippen LogP contribution in [0.4, 0.5) is 10.1 Å². The van der Waals surface area contributed by atoms with Crippen LogP contribution < -0.4 is 10.6 Å². The average molecular weight is 399 g/mol. The number of pyridine rings is 1. The molecule has 0 unspecified atom stereocenters. The van der Waals surface area contributed by atoms with E-state index in [0.717, 1.165) is 6.42 Å². The number of nitrogens with zero attached hydrogens (tertiary/aromatic N) is 1. The minimum absolute atomic E-state index is 0.0643. The van der Waals surface area contributed by atoms with Gasteiger partial charge < -0.3 is 10.6 Å². The second kappa shape index (κ2) is 8.25. The molecule has 0 aliphatic heterocycles. The number of alkyl halides is 3. The molecule has 0 saturated heterocycles. The van der Waals surface area contributed by atoms with Gasteiger partial charge in [-0.05, 0) is 12.0 Å². The van der Waals surface area contributed by atoms with Crippen LogP contribution in [0, 0.1) is 5.82 Å². The highest BCUT2D eigenvalue weighted by Gasteiger charge is 2.25. The topological polar surface area (TPSA) is 37.0 Å². The van der Waals surface area contributed by atoms with Gasteiger partial charge in [-0.2, -0.15) is 0 Å². The molecule has 0 saturated carbocycles. The van der Waals surface area contributed by atoms with E-state index >= 15 is 0 Å². The molecule has 0 aliphatic carbocycles. The van der Waals surface area contributed by atoms with Crippen LogP contribution in [-0.2, 0) is 0 Å². The number of anilines is 1. The summed E-state index contributed by atoms with van der Waals surface area (Å²) in [5.41, 5.74) is 1.37. The van der Waals surface area contributed by atoms with Gasteiger partial charge >= 0.3 is 0 Å². The fourth-order valence-electron chi connectivity index (χ4n) is 1.73. The lowest BCUT2D eigenvalue weighted by Crippen LogP contribution is -2.26. The van der Waals surface area contributed by atoms with Crippen LogP contribution in [0.2, 0.25) is 5.15 Å². The van der Waals surface area contributed by atoms with E-state index in [0.29, 0.717) is 17.6 Å². The fourth-order valence-corrected chi connectivity index (χ4v) is 2.01. The van der Waals surface area contributed by atoms with Crippen molar-refractivity contribution in [2.75, 3.05) is 5.32 Å². The van der Waals surface area contributed by atoms with Crippen LogP contribution in [0.25, 0.3) is 5.57 Å². The van der Waals surface area contributed by atoms with Crippen molar-refractivity contribution in [3.05, 3.63) is 54.0 Å². The molecule has 0 aliphatic rings. The highest BCUT2D eigenvalue weighted by molar-refractivity contribution is 6.69. The molecular formula is C15H16Cl4FN3. The Morgan fingerprint density at radius 2 is 1.91 bits per heavy atom. The summed E-state index contributed by atoms with van der Waals surface area (Å²) in [6.07, 6.45) is 2.98. The number of nitrogens with one attached hydrogen (secondary N) is 2. The predicted octanol–water partition coefficient (Wildman–Crippen LogP) is 6.04. The van der Waals surface area contributed by atoms with Gasteiger partial charge in [-0.3, -0.25) is 0 Å². The number of aromatic nitrogens is 1. The van der Waals surface area contributed by atoms with Gasteiger partial charge in [0.05, 0.1) is 11.4 Å². The van der Waals surface area contributed by atoms with Crippen LogP contribution >= 0.6 is 46.4 Å². The van der Waals surface area contributed by atoms with E-state index in [1.165, 1.54) is 6.20 Å². The van der Waals surface area contributed by atoms with Crippen molar-refractivity contribution in [1.82, 2.24) is 10.3 Å². The summed E-state index contributed by atoms with van der Waals surface area (Å²) in [6, 6.07) is 0. The Kier molecular flexibility index (Phi) is 7.21. The number of halogens is 5. The van der Waals surface area contributed by atoms with Crippen LogP contribution in [-0.4, -0.2) is 8.78 Å². The maximum absolute atomic E-state index is 14.3. The zero-order valence-electron chi connectivity index (χ0n) is 12.4. The summed E-state index contributed by atoms with van der Waals surface area (Å²) in [5, 5.41) is 5.15. The lowest BCUT2D eigenvalue weighted by atomic mass is 10.0. The lowest BCUT2D eigenvalue weighted by molar-refractivity contribution is 0.624. The maximum atomic E-state index is 14.3. The van der Waals surface area contributed by atoms with Gasteiger partial charge in [-0.15, -0.1) is 0 Å². The first-order valence-electron chi connectivity index (χ1n) is 6.59. The van der Waals surface area contributed by atoms with Crippen LogP contribution in [0.1, 0.15) is 25.3 Å². The SMILES string of the molecule is C=C(NC(=C)C(Cl)(Cl)Cl)Nc1c(C(=C)CCC)cnc(Cl)c1F. The summed E-state index contributed by atoms with van der Waals surface area (Å²) in [4.78, 5) is 3.81. The van der Waals surface area contributed by atoms with E-state index in [9.17, 15) is 4.39 Å². The molecule has 2 N–H and O–H groups in total. The molecule has 0 atom stereocenters. The molecule has 1 rings (SSSR count). The van der Waals surface area contributed by atoms with Crippen LogP contribution in [0.3, 0.4) is 0 Å². The molecule has 3 nitrogen and oxygen atoms in total. The largest absolute Gasteiger partial charge is 0.343 e. The van der Waals surface area contributed by atoms with Crippen molar-refractivity contribution < 1.29 is 4.39 Å². The van der Waals surface area contributed by atoms with Crippen molar-refractivity contribution in [3.63, 3.8) is 0 Å². The van der Waals surface area contributed by atoms with E-state index in [1.807, 2.05) is 6.92 Å². The van der Waals surface area contributed by atoms with Gasteiger partial charge in [0.1, 0.15) is 5.82 Å². The molecule has 126 valence electrons. The quantitative estimate of drug-likeness (QED) is 0.434. The molecule has 0 bridgehead atoms. The van der Waals surface area contributed by atoms with Gasteiger partial charge in [0, 0.05) is 11.8 Å². The third-order valence-electron chi connectivity index (χ3n) is 2.83. The molecule has 0 aromatic carbocycles. The minimum Gasteiger partial charge on any atom is -0.343 e.